The lowest BCUT2D eigenvalue weighted by molar-refractivity contribution is -0.105. The number of carbonyl (C=O) groups excluding carboxylic acids is 1. The number of hydrogen-bond donors (Lipinski definition) is 1. The standard InChI is InChI=1S/C21H16ClN7O/c22-18-10-15(3-4-16(18)12-23)19-5-7-28(26-19)8-9-29-20(11-21(27-29)25-14-30)17-2-1-6-24-13-17/h1-7,10-11,13-14H,8-9H2,(H,25,27,30). The number of aromatic nitrogens is 5. The number of aryl methyl sites for hydroxylation is 2. The van der Waals surface area contributed by atoms with Gasteiger partial charge in [0.05, 0.1) is 35.1 Å². The van der Waals surface area contributed by atoms with E-state index in [4.69, 9.17) is 16.9 Å². The highest BCUT2D eigenvalue weighted by Crippen LogP contribution is 2.25. The first-order valence-corrected chi connectivity index (χ1v) is 9.47. The zero-order valence-electron chi connectivity index (χ0n) is 15.7. The predicted molar refractivity (Wildman–Crippen MR) is 113 cm³/mol. The molecule has 0 unspecified atom stereocenters. The molecular weight excluding hydrogens is 402 g/mol. The molecule has 1 N–H and O–H groups in total. The van der Waals surface area contributed by atoms with E-state index in [2.05, 4.69) is 20.5 Å². The summed E-state index contributed by atoms with van der Waals surface area (Å²) in [6.07, 6.45) is 5.93. The van der Waals surface area contributed by atoms with Gasteiger partial charge in [-0.1, -0.05) is 17.7 Å². The Morgan fingerprint density at radius 2 is 2.03 bits per heavy atom. The summed E-state index contributed by atoms with van der Waals surface area (Å²) in [6.45, 7) is 1.11. The summed E-state index contributed by atoms with van der Waals surface area (Å²) in [5.74, 6) is 0.470. The SMILES string of the molecule is N#Cc1ccc(-c2ccn(CCn3nc(NC=O)cc3-c3cccnc3)n2)cc1Cl. The molecule has 0 fully saturated rings. The van der Waals surface area contributed by atoms with Crippen molar-refractivity contribution in [2.75, 3.05) is 5.32 Å². The van der Waals surface area contributed by atoms with Crippen molar-refractivity contribution in [2.45, 2.75) is 13.1 Å². The summed E-state index contributed by atoms with van der Waals surface area (Å²) in [5.41, 5.74) is 3.78. The Morgan fingerprint density at radius 3 is 2.77 bits per heavy atom. The van der Waals surface area contributed by atoms with E-state index >= 15 is 0 Å². The van der Waals surface area contributed by atoms with E-state index in [-0.39, 0.29) is 0 Å². The van der Waals surface area contributed by atoms with Crippen LogP contribution in [0.4, 0.5) is 5.82 Å². The van der Waals surface area contributed by atoms with E-state index in [9.17, 15) is 4.79 Å². The van der Waals surface area contributed by atoms with Gasteiger partial charge in [0.1, 0.15) is 6.07 Å². The second kappa shape index (κ2) is 8.59. The Hall–Kier alpha value is -3.96. The number of benzene rings is 1. The first-order chi connectivity index (χ1) is 14.7. The van der Waals surface area contributed by atoms with Crippen molar-refractivity contribution in [3.05, 3.63) is 71.6 Å². The zero-order valence-corrected chi connectivity index (χ0v) is 16.5. The van der Waals surface area contributed by atoms with Crippen LogP contribution in [0.3, 0.4) is 0 Å². The Bertz CT molecular complexity index is 1220. The van der Waals surface area contributed by atoms with Gasteiger partial charge in [-0.15, -0.1) is 0 Å². The molecule has 0 saturated carbocycles. The van der Waals surface area contributed by atoms with Crippen LogP contribution in [0.2, 0.25) is 5.02 Å². The van der Waals surface area contributed by atoms with Crippen molar-refractivity contribution in [3.63, 3.8) is 0 Å². The van der Waals surface area contributed by atoms with Gasteiger partial charge < -0.3 is 5.32 Å². The van der Waals surface area contributed by atoms with Gasteiger partial charge in [-0.3, -0.25) is 19.1 Å². The summed E-state index contributed by atoms with van der Waals surface area (Å²) >= 11 is 6.13. The first-order valence-electron chi connectivity index (χ1n) is 9.10. The molecule has 30 heavy (non-hydrogen) atoms. The van der Waals surface area contributed by atoms with Gasteiger partial charge in [-0.2, -0.15) is 15.5 Å². The number of nitrogens with zero attached hydrogens (tertiary/aromatic N) is 6. The van der Waals surface area contributed by atoms with Crippen LogP contribution in [0.15, 0.2) is 61.1 Å². The molecule has 3 aromatic heterocycles. The zero-order chi connectivity index (χ0) is 20.9. The van der Waals surface area contributed by atoms with Crippen LogP contribution < -0.4 is 5.32 Å². The Morgan fingerprint density at radius 1 is 1.13 bits per heavy atom. The summed E-state index contributed by atoms with van der Waals surface area (Å²) in [6, 6.07) is 14.8. The summed E-state index contributed by atoms with van der Waals surface area (Å²) in [7, 11) is 0. The van der Waals surface area contributed by atoms with Gasteiger partial charge in [0.2, 0.25) is 6.41 Å². The van der Waals surface area contributed by atoms with E-state index in [0.29, 0.717) is 35.9 Å². The van der Waals surface area contributed by atoms with Crippen LogP contribution in [0.1, 0.15) is 5.56 Å². The van der Waals surface area contributed by atoms with Gasteiger partial charge in [-0.05, 0) is 30.3 Å². The number of amides is 1. The van der Waals surface area contributed by atoms with E-state index < -0.39 is 0 Å². The molecule has 0 aliphatic carbocycles. The number of anilines is 1. The number of rotatable bonds is 7. The highest BCUT2D eigenvalue weighted by atomic mass is 35.5. The average molecular weight is 418 g/mol. The smallest absolute Gasteiger partial charge is 0.212 e. The number of halogens is 1. The minimum absolute atomic E-state index is 0.400. The molecule has 9 heteroatoms. The van der Waals surface area contributed by atoms with Crippen molar-refractivity contribution in [1.29, 1.82) is 5.26 Å². The normalized spacial score (nSPS) is 10.5. The van der Waals surface area contributed by atoms with Crippen molar-refractivity contribution in [2.24, 2.45) is 0 Å². The number of hydrogen-bond acceptors (Lipinski definition) is 5. The van der Waals surface area contributed by atoms with Crippen molar-refractivity contribution >= 4 is 23.8 Å². The van der Waals surface area contributed by atoms with Crippen molar-refractivity contribution in [1.82, 2.24) is 24.5 Å². The monoisotopic (exact) mass is 417 g/mol. The molecule has 1 aromatic carbocycles. The third kappa shape index (κ3) is 4.06. The molecule has 0 atom stereocenters. The third-order valence-electron chi connectivity index (χ3n) is 4.51. The maximum atomic E-state index is 10.8. The largest absolute Gasteiger partial charge is 0.312 e. The van der Waals surface area contributed by atoms with E-state index in [1.54, 1.807) is 30.6 Å². The van der Waals surface area contributed by atoms with Crippen molar-refractivity contribution in [3.8, 4) is 28.6 Å². The Labute approximate surface area is 177 Å². The van der Waals surface area contributed by atoms with Gasteiger partial charge >= 0.3 is 0 Å². The topological polar surface area (TPSA) is 101 Å². The van der Waals surface area contributed by atoms with E-state index in [1.165, 1.54) is 0 Å². The van der Waals surface area contributed by atoms with Crippen LogP contribution in [0, 0.1) is 11.3 Å². The van der Waals surface area contributed by atoms with Crippen LogP contribution in [0.25, 0.3) is 22.5 Å². The van der Waals surface area contributed by atoms with Crippen LogP contribution in [0.5, 0.6) is 0 Å². The molecule has 4 rings (SSSR count). The first kappa shape index (κ1) is 19.4. The Balaban J connectivity index is 1.54. The van der Waals surface area contributed by atoms with Gasteiger partial charge in [-0.25, -0.2) is 0 Å². The summed E-state index contributed by atoms with van der Waals surface area (Å²) in [5, 5.41) is 21.0. The molecule has 8 nitrogen and oxygen atoms in total. The molecule has 0 aliphatic heterocycles. The van der Waals surface area contributed by atoms with Crippen LogP contribution >= 0.6 is 11.6 Å². The molecule has 0 saturated heterocycles. The summed E-state index contributed by atoms with van der Waals surface area (Å²) in [4.78, 5) is 15.0. The predicted octanol–water partition coefficient (Wildman–Crippen LogP) is 3.60. The molecule has 0 spiro atoms. The third-order valence-corrected chi connectivity index (χ3v) is 4.82. The molecule has 148 valence electrons. The quantitative estimate of drug-likeness (QED) is 0.463. The minimum atomic E-state index is 0.400. The number of pyridine rings is 1. The van der Waals surface area contributed by atoms with Crippen LogP contribution in [-0.2, 0) is 17.9 Å². The van der Waals surface area contributed by atoms with Gasteiger partial charge in [0, 0.05) is 35.8 Å². The number of nitriles is 1. The number of carbonyl (C=O) groups is 1. The lowest BCUT2D eigenvalue weighted by Crippen LogP contribution is -2.10. The van der Waals surface area contributed by atoms with E-state index in [1.807, 2.05) is 45.9 Å². The molecular formula is C21H16ClN7O. The fourth-order valence-corrected chi connectivity index (χ4v) is 3.29. The van der Waals surface area contributed by atoms with Crippen LogP contribution in [-0.4, -0.2) is 31.0 Å². The molecule has 0 bridgehead atoms. The second-order valence-corrected chi connectivity index (χ2v) is 6.82. The highest BCUT2D eigenvalue weighted by Gasteiger charge is 2.11. The maximum Gasteiger partial charge on any atom is 0.212 e. The second-order valence-electron chi connectivity index (χ2n) is 6.41. The fraction of sp³-hybridized carbons (Fsp3) is 0.0952. The minimum Gasteiger partial charge on any atom is -0.312 e. The number of nitrogens with one attached hydrogen (secondary N) is 1. The Kier molecular flexibility index (Phi) is 5.54. The van der Waals surface area contributed by atoms with E-state index in [0.717, 1.165) is 22.5 Å². The fourth-order valence-electron chi connectivity index (χ4n) is 3.07. The average Bonchev–Trinajstić information content (AvgIpc) is 3.40. The lowest BCUT2D eigenvalue weighted by atomic mass is 10.1. The molecule has 1 amide bonds. The molecule has 4 aromatic rings. The molecule has 0 radical (unpaired) electrons. The highest BCUT2D eigenvalue weighted by molar-refractivity contribution is 6.32. The van der Waals surface area contributed by atoms with Crippen molar-refractivity contribution < 1.29 is 4.79 Å². The maximum absolute atomic E-state index is 10.8. The molecule has 3 heterocycles. The van der Waals surface area contributed by atoms with Gasteiger partial charge in [0.15, 0.2) is 5.82 Å². The molecule has 0 aliphatic rings. The lowest BCUT2D eigenvalue weighted by Gasteiger charge is -2.07. The summed E-state index contributed by atoms with van der Waals surface area (Å²) < 4.78 is 3.62. The van der Waals surface area contributed by atoms with Gasteiger partial charge in [0.25, 0.3) is 0 Å².